The highest BCUT2D eigenvalue weighted by Crippen LogP contribution is 2.36. The molecular weight excluding hydrogens is 310 g/mol. The predicted molar refractivity (Wildman–Crippen MR) is 79.2 cm³/mol. The van der Waals surface area contributed by atoms with Crippen molar-refractivity contribution in [3.63, 3.8) is 0 Å². The summed E-state index contributed by atoms with van der Waals surface area (Å²) >= 11 is 5.35. The van der Waals surface area contributed by atoms with E-state index in [1.54, 1.807) is 18.0 Å². The fraction of sp³-hybridized carbons (Fsp3) is 0.286. The highest BCUT2D eigenvalue weighted by Gasteiger charge is 2.09. The number of rotatable bonds is 4. The van der Waals surface area contributed by atoms with Gasteiger partial charge in [-0.2, -0.15) is 0 Å². The third-order valence-electron chi connectivity index (χ3n) is 2.92. The molecule has 2 aromatic rings. The molecule has 0 spiro atoms. The Bertz CT molecular complexity index is 538. The van der Waals surface area contributed by atoms with Crippen molar-refractivity contribution in [2.75, 3.05) is 7.05 Å². The fourth-order valence-corrected chi connectivity index (χ4v) is 3.12. The molecule has 4 heteroatoms. The molecule has 0 aliphatic rings. The Morgan fingerprint density at radius 3 is 2.61 bits per heavy atom. The summed E-state index contributed by atoms with van der Waals surface area (Å²) in [5, 5.41) is 3.24. The van der Waals surface area contributed by atoms with Gasteiger partial charge in [0.05, 0.1) is 11.2 Å². The van der Waals surface area contributed by atoms with Crippen LogP contribution in [0.15, 0.2) is 49.2 Å². The number of hydrogen-bond donors (Lipinski definition) is 1. The Morgan fingerprint density at radius 2 is 2.06 bits per heavy atom. The summed E-state index contributed by atoms with van der Waals surface area (Å²) in [5.74, 6) is 0.958. The van der Waals surface area contributed by atoms with Crippen LogP contribution in [-0.2, 0) is 0 Å². The van der Waals surface area contributed by atoms with E-state index in [9.17, 15) is 0 Å². The zero-order chi connectivity index (χ0) is 13.1. The van der Waals surface area contributed by atoms with Crippen molar-refractivity contribution in [2.24, 2.45) is 0 Å². The van der Waals surface area contributed by atoms with Crippen molar-refractivity contribution in [1.29, 1.82) is 0 Å². The second-order valence-electron chi connectivity index (χ2n) is 4.14. The molecule has 1 heterocycles. The molecule has 0 saturated heterocycles. The molecule has 2 rings (SSSR count). The predicted octanol–water partition coefficient (Wildman–Crippen LogP) is 4.78. The van der Waals surface area contributed by atoms with E-state index in [4.69, 9.17) is 4.42 Å². The molecule has 1 N–H and O–H groups in total. The molecule has 0 fully saturated rings. The second kappa shape index (κ2) is 5.95. The van der Waals surface area contributed by atoms with Crippen LogP contribution in [0.3, 0.4) is 0 Å². The van der Waals surface area contributed by atoms with Gasteiger partial charge in [-0.05, 0) is 60.6 Å². The minimum absolute atomic E-state index is 0.357. The molecule has 0 bridgehead atoms. The monoisotopic (exact) mass is 325 g/mol. The van der Waals surface area contributed by atoms with Crippen LogP contribution in [0.1, 0.15) is 24.3 Å². The number of nitrogens with one attached hydrogen (secondary N) is 1. The van der Waals surface area contributed by atoms with Gasteiger partial charge in [0.15, 0.2) is 0 Å². The first-order valence-electron chi connectivity index (χ1n) is 5.80. The summed E-state index contributed by atoms with van der Waals surface area (Å²) in [7, 11) is 1.97. The van der Waals surface area contributed by atoms with Crippen molar-refractivity contribution in [3.8, 4) is 0 Å². The van der Waals surface area contributed by atoms with Gasteiger partial charge in [0.25, 0.3) is 0 Å². The molecule has 96 valence electrons. The van der Waals surface area contributed by atoms with Crippen LogP contribution in [0, 0.1) is 6.92 Å². The minimum Gasteiger partial charge on any atom is -0.468 e. The van der Waals surface area contributed by atoms with Crippen LogP contribution in [0.2, 0.25) is 0 Å². The van der Waals surface area contributed by atoms with E-state index in [1.165, 1.54) is 10.5 Å². The molecule has 0 saturated carbocycles. The average Bonchev–Trinajstić information content (AvgIpc) is 2.76. The fourth-order valence-electron chi connectivity index (χ4n) is 1.63. The van der Waals surface area contributed by atoms with E-state index in [-0.39, 0.29) is 0 Å². The normalized spacial score (nSPS) is 12.7. The second-order valence-corrected chi connectivity index (χ2v) is 6.08. The van der Waals surface area contributed by atoms with Crippen molar-refractivity contribution in [3.05, 3.63) is 46.3 Å². The lowest BCUT2D eigenvalue weighted by molar-refractivity contribution is 0.527. The molecule has 1 atom stereocenters. The van der Waals surface area contributed by atoms with Crippen LogP contribution in [0.5, 0.6) is 0 Å². The lowest BCUT2D eigenvalue weighted by Crippen LogP contribution is -2.12. The van der Waals surface area contributed by atoms with Gasteiger partial charge in [-0.1, -0.05) is 17.8 Å². The van der Waals surface area contributed by atoms with Gasteiger partial charge in [-0.25, -0.2) is 0 Å². The van der Waals surface area contributed by atoms with Crippen LogP contribution in [0.4, 0.5) is 0 Å². The maximum atomic E-state index is 5.31. The van der Waals surface area contributed by atoms with Gasteiger partial charge in [0, 0.05) is 15.4 Å². The van der Waals surface area contributed by atoms with Crippen molar-refractivity contribution in [1.82, 2.24) is 5.32 Å². The van der Waals surface area contributed by atoms with E-state index >= 15 is 0 Å². The quantitative estimate of drug-likeness (QED) is 0.875. The summed E-state index contributed by atoms with van der Waals surface area (Å²) in [6.07, 6.45) is 1.73. The summed E-state index contributed by atoms with van der Waals surface area (Å²) < 4.78 is 6.43. The average molecular weight is 326 g/mol. The highest BCUT2D eigenvalue weighted by molar-refractivity contribution is 9.10. The van der Waals surface area contributed by atoms with Gasteiger partial charge in [0.2, 0.25) is 0 Å². The van der Waals surface area contributed by atoms with Crippen LogP contribution >= 0.6 is 27.7 Å². The maximum absolute atomic E-state index is 5.31. The molecule has 0 amide bonds. The lowest BCUT2D eigenvalue weighted by Gasteiger charge is -2.12. The van der Waals surface area contributed by atoms with E-state index in [0.29, 0.717) is 6.04 Å². The van der Waals surface area contributed by atoms with E-state index in [0.717, 1.165) is 15.1 Å². The molecular formula is C14H16BrNOS. The number of hydrogen-bond acceptors (Lipinski definition) is 3. The number of halogens is 1. The topological polar surface area (TPSA) is 25.2 Å². The van der Waals surface area contributed by atoms with E-state index < -0.39 is 0 Å². The molecule has 0 aliphatic heterocycles. The first-order valence-corrected chi connectivity index (χ1v) is 7.41. The van der Waals surface area contributed by atoms with Gasteiger partial charge in [-0.15, -0.1) is 0 Å². The Kier molecular flexibility index (Phi) is 4.54. The summed E-state index contributed by atoms with van der Waals surface area (Å²) in [6, 6.07) is 8.82. The number of benzene rings is 1. The van der Waals surface area contributed by atoms with Crippen molar-refractivity contribution < 1.29 is 4.42 Å². The third-order valence-corrected chi connectivity index (χ3v) is 5.06. The summed E-state index contributed by atoms with van der Waals surface area (Å²) in [6.45, 7) is 4.13. The molecule has 1 aromatic heterocycles. The van der Waals surface area contributed by atoms with Crippen molar-refractivity contribution in [2.45, 2.75) is 29.7 Å². The third kappa shape index (κ3) is 2.99. The minimum atomic E-state index is 0.357. The Morgan fingerprint density at radius 1 is 1.28 bits per heavy atom. The smallest absolute Gasteiger partial charge is 0.114 e. The Labute approximate surface area is 120 Å². The SMILES string of the molecule is CNC(C)c1ccc(Sc2ccoc2C)c(Br)c1. The zero-order valence-corrected chi connectivity index (χ0v) is 13.1. The van der Waals surface area contributed by atoms with E-state index in [2.05, 4.69) is 46.4 Å². The van der Waals surface area contributed by atoms with Crippen LogP contribution in [0.25, 0.3) is 0 Å². The highest BCUT2D eigenvalue weighted by atomic mass is 79.9. The standard InChI is InChI=1S/C14H16BrNOS/c1-9(16-3)11-4-5-14(12(15)8-11)18-13-6-7-17-10(13)2/h4-9,16H,1-3H3. The molecule has 18 heavy (non-hydrogen) atoms. The first kappa shape index (κ1) is 13.7. The van der Waals surface area contributed by atoms with Crippen LogP contribution in [-0.4, -0.2) is 7.05 Å². The lowest BCUT2D eigenvalue weighted by atomic mass is 10.1. The van der Waals surface area contributed by atoms with Gasteiger partial charge >= 0.3 is 0 Å². The number of aryl methyl sites for hydroxylation is 1. The summed E-state index contributed by atoms with van der Waals surface area (Å²) in [5.41, 5.74) is 1.28. The van der Waals surface area contributed by atoms with E-state index in [1.807, 2.05) is 20.0 Å². The van der Waals surface area contributed by atoms with Crippen molar-refractivity contribution >= 4 is 27.7 Å². The largest absolute Gasteiger partial charge is 0.468 e. The van der Waals surface area contributed by atoms with Gasteiger partial charge in [-0.3, -0.25) is 0 Å². The molecule has 1 aromatic carbocycles. The Balaban J connectivity index is 2.23. The van der Waals surface area contributed by atoms with Gasteiger partial charge < -0.3 is 9.73 Å². The maximum Gasteiger partial charge on any atom is 0.114 e. The molecule has 0 aliphatic carbocycles. The molecule has 2 nitrogen and oxygen atoms in total. The summed E-state index contributed by atoms with van der Waals surface area (Å²) in [4.78, 5) is 2.36. The molecule has 1 unspecified atom stereocenters. The first-order chi connectivity index (χ1) is 8.61. The number of furan rings is 1. The van der Waals surface area contributed by atoms with Gasteiger partial charge in [0.1, 0.15) is 5.76 Å². The van der Waals surface area contributed by atoms with Crippen LogP contribution < -0.4 is 5.32 Å². The Hall–Kier alpha value is -0.710. The molecule has 0 radical (unpaired) electrons. The zero-order valence-electron chi connectivity index (χ0n) is 10.7.